The minimum atomic E-state index is -0.497. The zero-order chi connectivity index (χ0) is 12.8. The third kappa shape index (κ3) is 4.82. The van der Waals surface area contributed by atoms with Gasteiger partial charge in [-0.3, -0.25) is 4.90 Å². The molecule has 96 valence electrons. The predicted molar refractivity (Wildman–Crippen MR) is 70.7 cm³/mol. The summed E-state index contributed by atoms with van der Waals surface area (Å²) in [5.74, 6) is 0. The van der Waals surface area contributed by atoms with Crippen molar-refractivity contribution in [3.05, 3.63) is 33.8 Å². The second-order valence-corrected chi connectivity index (χ2v) is 4.80. The molecule has 5 heteroatoms. The molecule has 3 nitrogen and oxygen atoms in total. The van der Waals surface area contributed by atoms with Crippen LogP contribution in [-0.4, -0.2) is 43.4 Å². The smallest absolute Gasteiger partial charge is 0.0900 e. The molecular formula is C12H17Cl2NO2. The topological polar surface area (TPSA) is 32.7 Å². The van der Waals surface area contributed by atoms with E-state index in [9.17, 15) is 5.11 Å². The number of nitrogens with zero attached hydrogens (tertiary/aromatic N) is 1. The summed E-state index contributed by atoms with van der Waals surface area (Å²) in [7, 11) is 3.48. The molecule has 1 aromatic carbocycles. The lowest BCUT2D eigenvalue weighted by molar-refractivity contribution is 0.0419. The van der Waals surface area contributed by atoms with Gasteiger partial charge < -0.3 is 9.84 Å². The zero-order valence-electron chi connectivity index (χ0n) is 9.99. The van der Waals surface area contributed by atoms with E-state index < -0.39 is 6.10 Å². The molecule has 0 spiro atoms. The van der Waals surface area contributed by atoms with Gasteiger partial charge in [-0.05, 0) is 18.7 Å². The van der Waals surface area contributed by atoms with Crippen LogP contribution in [0.3, 0.4) is 0 Å². The van der Waals surface area contributed by atoms with Gasteiger partial charge in [0.05, 0.1) is 22.8 Å². The van der Waals surface area contributed by atoms with E-state index in [4.69, 9.17) is 27.9 Å². The van der Waals surface area contributed by atoms with Gasteiger partial charge in [-0.25, -0.2) is 0 Å². The Morgan fingerprint density at radius 1 is 1.41 bits per heavy atom. The fourth-order valence-corrected chi connectivity index (χ4v) is 2.01. The normalized spacial score (nSPS) is 13.1. The number of benzene rings is 1. The molecule has 0 aliphatic rings. The van der Waals surface area contributed by atoms with Crippen molar-refractivity contribution in [3.8, 4) is 0 Å². The Hall–Kier alpha value is -0.320. The number of hydrogen-bond acceptors (Lipinski definition) is 3. The molecule has 0 amide bonds. The molecule has 1 aromatic rings. The first kappa shape index (κ1) is 14.7. The summed E-state index contributed by atoms with van der Waals surface area (Å²) in [6.45, 7) is 1.49. The standard InChI is InChI=1S/C12H17Cl2NO2/c1-15(7-10(16)8-17-2)6-9-4-3-5-11(13)12(9)14/h3-5,10,16H,6-8H2,1-2H3. The molecular weight excluding hydrogens is 261 g/mol. The van der Waals surface area contributed by atoms with E-state index in [0.29, 0.717) is 29.7 Å². The number of aliphatic hydroxyl groups is 1. The summed E-state index contributed by atoms with van der Waals surface area (Å²) in [4.78, 5) is 1.97. The third-order valence-electron chi connectivity index (χ3n) is 2.35. The van der Waals surface area contributed by atoms with E-state index >= 15 is 0 Å². The van der Waals surface area contributed by atoms with E-state index in [1.165, 1.54) is 0 Å². The van der Waals surface area contributed by atoms with E-state index in [0.717, 1.165) is 5.56 Å². The molecule has 17 heavy (non-hydrogen) atoms. The lowest BCUT2D eigenvalue weighted by Crippen LogP contribution is -2.31. The fraction of sp³-hybridized carbons (Fsp3) is 0.500. The van der Waals surface area contributed by atoms with E-state index in [2.05, 4.69) is 0 Å². The molecule has 0 aliphatic heterocycles. The van der Waals surface area contributed by atoms with Crippen LogP contribution in [0.25, 0.3) is 0 Å². The van der Waals surface area contributed by atoms with Crippen molar-refractivity contribution < 1.29 is 9.84 Å². The van der Waals surface area contributed by atoms with Crippen LogP contribution in [0, 0.1) is 0 Å². The van der Waals surface area contributed by atoms with Gasteiger partial charge in [0.15, 0.2) is 0 Å². The van der Waals surface area contributed by atoms with Crippen LogP contribution < -0.4 is 0 Å². The maximum atomic E-state index is 9.60. The molecule has 1 N–H and O–H groups in total. The molecule has 0 saturated carbocycles. The van der Waals surface area contributed by atoms with Crippen LogP contribution in [0.4, 0.5) is 0 Å². The van der Waals surface area contributed by atoms with E-state index in [1.807, 2.05) is 24.1 Å². The van der Waals surface area contributed by atoms with Crippen molar-refractivity contribution in [2.24, 2.45) is 0 Å². The fourth-order valence-electron chi connectivity index (χ4n) is 1.63. The maximum absolute atomic E-state index is 9.60. The average Bonchev–Trinajstić information content (AvgIpc) is 2.25. The molecule has 0 heterocycles. The molecule has 1 atom stereocenters. The highest BCUT2D eigenvalue weighted by molar-refractivity contribution is 6.42. The summed E-state index contributed by atoms with van der Waals surface area (Å²) >= 11 is 12.0. The SMILES string of the molecule is COCC(O)CN(C)Cc1cccc(Cl)c1Cl. The number of halogens is 2. The van der Waals surface area contributed by atoms with Crippen molar-refractivity contribution >= 4 is 23.2 Å². The highest BCUT2D eigenvalue weighted by Crippen LogP contribution is 2.26. The van der Waals surface area contributed by atoms with E-state index in [-0.39, 0.29) is 0 Å². The maximum Gasteiger partial charge on any atom is 0.0900 e. The minimum absolute atomic E-state index is 0.327. The van der Waals surface area contributed by atoms with Crippen LogP contribution in [0.2, 0.25) is 10.0 Å². The van der Waals surface area contributed by atoms with Crippen molar-refractivity contribution in [3.63, 3.8) is 0 Å². The number of hydrogen-bond donors (Lipinski definition) is 1. The summed E-state index contributed by atoms with van der Waals surface area (Å²) in [6, 6.07) is 5.55. The van der Waals surface area contributed by atoms with Gasteiger partial charge in [-0.15, -0.1) is 0 Å². The van der Waals surface area contributed by atoms with Gasteiger partial charge in [0.1, 0.15) is 0 Å². The Morgan fingerprint density at radius 2 is 2.12 bits per heavy atom. The molecule has 0 radical (unpaired) electrons. The molecule has 0 aromatic heterocycles. The van der Waals surface area contributed by atoms with Crippen molar-refractivity contribution in [1.29, 1.82) is 0 Å². The Morgan fingerprint density at radius 3 is 2.76 bits per heavy atom. The highest BCUT2D eigenvalue weighted by Gasteiger charge is 2.11. The summed E-state index contributed by atoms with van der Waals surface area (Å²) in [5.41, 5.74) is 0.950. The number of aliphatic hydroxyl groups excluding tert-OH is 1. The molecule has 1 unspecified atom stereocenters. The molecule has 1 rings (SSSR count). The lowest BCUT2D eigenvalue weighted by atomic mass is 10.2. The van der Waals surface area contributed by atoms with Crippen LogP contribution in [0.5, 0.6) is 0 Å². The summed E-state index contributed by atoms with van der Waals surface area (Å²) < 4.78 is 4.87. The number of likely N-dealkylation sites (N-methyl/N-ethyl adjacent to an activating group) is 1. The summed E-state index contributed by atoms with van der Waals surface area (Å²) in [5, 5.41) is 10.7. The second kappa shape index (κ2) is 7.19. The van der Waals surface area contributed by atoms with Gasteiger partial charge in [0.2, 0.25) is 0 Å². The van der Waals surface area contributed by atoms with Crippen LogP contribution in [0.15, 0.2) is 18.2 Å². The van der Waals surface area contributed by atoms with Gasteiger partial charge in [-0.2, -0.15) is 0 Å². The number of ether oxygens (including phenoxy) is 1. The van der Waals surface area contributed by atoms with Crippen LogP contribution in [-0.2, 0) is 11.3 Å². The van der Waals surface area contributed by atoms with Crippen LogP contribution in [0.1, 0.15) is 5.56 Å². The predicted octanol–water partition coefficient (Wildman–Crippen LogP) is 2.43. The third-order valence-corrected chi connectivity index (χ3v) is 3.21. The van der Waals surface area contributed by atoms with Gasteiger partial charge in [0.25, 0.3) is 0 Å². The number of rotatable bonds is 6. The zero-order valence-corrected chi connectivity index (χ0v) is 11.5. The van der Waals surface area contributed by atoms with E-state index in [1.54, 1.807) is 13.2 Å². The Labute approximate surface area is 112 Å². The second-order valence-electron chi connectivity index (χ2n) is 4.02. The first-order chi connectivity index (χ1) is 8.04. The molecule has 0 bridgehead atoms. The van der Waals surface area contributed by atoms with Gasteiger partial charge >= 0.3 is 0 Å². The summed E-state index contributed by atoms with van der Waals surface area (Å²) in [6.07, 6.45) is -0.497. The number of methoxy groups -OCH3 is 1. The average molecular weight is 278 g/mol. The first-order valence-electron chi connectivity index (χ1n) is 5.33. The highest BCUT2D eigenvalue weighted by atomic mass is 35.5. The first-order valence-corrected chi connectivity index (χ1v) is 6.08. The monoisotopic (exact) mass is 277 g/mol. The Bertz CT molecular complexity index is 360. The molecule has 0 fully saturated rings. The van der Waals surface area contributed by atoms with Gasteiger partial charge in [-0.1, -0.05) is 35.3 Å². The quantitative estimate of drug-likeness (QED) is 0.867. The van der Waals surface area contributed by atoms with Crippen molar-refractivity contribution in [1.82, 2.24) is 4.90 Å². The van der Waals surface area contributed by atoms with Gasteiger partial charge in [0, 0.05) is 20.2 Å². The van der Waals surface area contributed by atoms with Crippen molar-refractivity contribution in [2.45, 2.75) is 12.6 Å². The van der Waals surface area contributed by atoms with Crippen LogP contribution >= 0.6 is 23.2 Å². The molecule has 0 aliphatic carbocycles. The van der Waals surface area contributed by atoms with Crippen molar-refractivity contribution in [2.75, 3.05) is 27.3 Å². The minimum Gasteiger partial charge on any atom is -0.389 e. The Kier molecular flexibility index (Phi) is 6.23. The largest absolute Gasteiger partial charge is 0.389 e. The Balaban J connectivity index is 2.56. The molecule has 0 saturated heterocycles. The lowest BCUT2D eigenvalue weighted by Gasteiger charge is -2.20.